The number of hydroxylamine groups is 1. The van der Waals surface area contributed by atoms with Crippen LogP contribution in [0.3, 0.4) is 0 Å². The highest BCUT2D eigenvalue weighted by atomic mass is 32.2. The van der Waals surface area contributed by atoms with Crippen molar-refractivity contribution >= 4 is 28.0 Å². The van der Waals surface area contributed by atoms with Crippen LogP contribution < -0.4 is 5.48 Å². The van der Waals surface area contributed by atoms with Gasteiger partial charge in [-0.25, -0.2) is 27.5 Å². The predicted octanol–water partition coefficient (Wildman–Crippen LogP) is 3.68. The van der Waals surface area contributed by atoms with Gasteiger partial charge in [0.25, 0.3) is 15.9 Å². The van der Waals surface area contributed by atoms with E-state index in [1.165, 1.54) is 48.8 Å². The SMILES string of the molecule is O=C(C=Cc1ccn(S(=O)(=O)c2ccc(-c3ccc(C(=O)O)cc3)cc2)c1)NOC1CCCCO1. The molecule has 35 heavy (non-hydrogen) atoms. The lowest BCUT2D eigenvalue weighted by Gasteiger charge is -2.21. The Morgan fingerprint density at radius 1 is 1.03 bits per heavy atom. The number of amides is 1. The topological polar surface area (TPSA) is 124 Å². The van der Waals surface area contributed by atoms with E-state index in [9.17, 15) is 18.0 Å². The van der Waals surface area contributed by atoms with Gasteiger partial charge in [-0.3, -0.25) is 4.79 Å². The number of hydrogen-bond acceptors (Lipinski definition) is 6. The van der Waals surface area contributed by atoms with Crippen molar-refractivity contribution in [3.05, 3.63) is 84.2 Å². The van der Waals surface area contributed by atoms with Crippen LogP contribution in [-0.4, -0.2) is 42.3 Å². The fourth-order valence-electron chi connectivity index (χ4n) is 3.52. The Kier molecular flexibility index (Phi) is 7.45. The zero-order valence-corrected chi connectivity index (χ0v) is 19.5. The number of nitrogens with zero attached hydrogens (tertiary/aromatic N) is 1. The third kappa shape index (κ3) is 6.04. The average molecular weight is 497 g/mol. The molecule has 0 spiro atoms. The summed E-state index contributed by atoms with van der Waals surface area (Å²) < 4.78 is 32.4. The van der Waals surface area contributed by atoms with Gasteiger partial charge in [0.2, 0.25) is 0 Å². The van der Waals surface area contributed by atoms with Gasteiger partial charge in [0.1, 0.15) is 0 Å². The van der Waals surface area contributed by atoms with Crippen molar-refractivity contribution in [2.75, 3.05) is 6.61 Å². The number of nitrogens with one attached hydrogen (secondary N) is 1. The summed E-state index contributed by atoms with van der Waals surface area (Å²) in [6.45, 7) is 0.598. The highest BCUT2D eigenvalue weighted by molar-refractivity contribution is 7.90. The molecule has 1 saturated heterocycles. The number of carbonyl (C=O) groups excluding carboxylic acids is 1. The minimum atomic E-state index is -3.84. The van der Waals surface area contributed by atoms with Crippen molar-refractivity contribution in [2.45, 2.75) is 30.4 Å². The molecule has 1 unspecified atom stereocenters. The lowest BCUT2D eigenvalue weighted by atomic mass is 10.0. The van der Waals surface area contributed by atoms with E-state index in [2.05, 4.69) is 5.48 Å². The minimum Gasteiger partial charge on any atom is -0.478 e. The van der Waals surface area contributed by atoms with E-state index in [1.807, 2.05) is 0 Å². The van der Waals surface area contributed by atoms with Crippen LogP contribution in [0.5, 0.6) is 0 Å². The molecule has 182 valence electrons. The molecule has 9 nitrogen and oxygen atoms in total. The van der Waals surface area contributed by atoms with Crippen LogP contribution in [0.4, 0.5) is 0 Å². The summed E-state index contributed by atoms with van der Waals surface area (Å²) in [7, 11) is -3.84. The van der Waals surface area contributed by atoms with Crippen molar-refractivity contribution in [3.63, 3.8) is 0 Å². The standard InChI is InChI=1S/C25H24N2O7S/c28-23(26-34-24-3-1-2-16-33-24)13-4-18-14-15-27(17-18)35(31,32)22-11-9-20(10-12-22)19-5-7-21(8-6-19)25(29)30/h4-15,17,24H,1-3,16H2,(H,26,28)(H,29,30). The molecule has 2 aromatic carbocycles. The number of benzene rings is 2. The fourth-order valence-corrected chi connectivity index (χ4v) is 4.73. The number of aromatic nitrogens is 1. The number of hydrogen-bond donors (Lipinski definition) is 2. The molecular formula is C25H24N2O7S. The molecule has 1 aliphatic heterocycles. The minimum absolute atomic E-state index is 0.0909. The molecule has 2 heterocycles. The lowest BCUT2D eigenvalue weighted by molar-refractivity contribution is -0.198. The van der Waals surface area contributed by atoms with E-state index >= 15 is 0 Å². The molecule has 2 N–H and O–H groups in total. The number of carboxylic acid groups (broad SMARTS) is 1. The highest BCUT2D eigenvalue weighted by Crippen LogP contribution is 2.23. The van der Waals surface area contributed by atoms with E-state index in [-0.39, 0.29) is 10.5 Å². The van der Waals surface area contributed by atoms with Gasteiger partial charge >= 0.3 is 5.97 Å². The van der Waals surface area contributed by atoms with Gasteiger partial charge in [-0.1, -0.05) is 24.3 Å². The van der Waals surface area contributed by atoms with Crippen LogP contribution >= 0.6 is 0 Å². The molecule has 1 amide bonds. The number of rotatable bonds is 8. The smallest absolute Gasteiger partial charge is 0.335 e. The van der Waals surface area contributed by atoms with Crippen LogP contribution in [0.2, 0.25) is 0 Å². The summed E-state index contributed by atoms with van der Waals surface area (Å²) in [6, 6.07) is 14.2. The van der Waals surface area contributed by atoms with Gasteiger partial charge in [-0.2, -0.15) is 0 Å². The third-order valence-electron chi connectivity index (χ3n) is 5.44. The maximum atomic E-state index is 13.0. The van der Waals surface area contributed by atoms with Gasteiger partial charge in [-0.15, -0.1) is 0 Å². The second-order valence-corrected chi connectivity index (χ2v) is 9.74. The zero-order valence-electron chi connectivity index (χ0n) is 18.7. The number of carboxylic acids is 1. The third-order valence-corrected chi connectivity index (χ3v) is 7.09. The summed E-state index contributed by atoms with van der Waals surface area (Å²) in [5, 5.41) is 9.01. The summed E-state index contributed by atoms with van der Waals surface area (Å²) >= 11 is 0. The molecule has 1 aromatic heterocycles. The Balaban J connectivity index is 1.40. The molecule has 3 aromatic rings. The quantitative estimate of drug-likeness (QED) is 0.360. The van der Waals surface area contributed by atoms with Crippen LogP contribution in [0.15, 0.2) is 78.0 Å². The number of ether oxygens (including phenoxy) is 1. The van der Waals surface area contributed by atoms with Gasteiger partial charge in [0.05, 0.1) is 10.5 Å². The fraction of sp³-hybridized carbons (Fsp3) is 0.200. The number of carbonyl (C=O) groups is 2. The zero-order chi connectivity index (χ0) is 24.8. The highest BCUT2D eigenvalue weighted by Gasteiger charge is 2.17. The Hall–Kier alpha value is -3.73. The first-order valence-corrected chi connectivity index (χ1v) is 12.4. The summed E-state index contributed by atoms with van der Waals surface area (Å²) in [5.41, 5.74) is 4.53. The van der Waals surface area contributed by atoms with Crippen molar-refractivity contribution < 1.29 is 32.7 Å². The molecule has 1 aliphatic rings. The Labute approximate surface area is 202 Å². The van der Waals surface area contributed by atoms with E-state index in [4.69, 9.17) is 14.7 Å². The normalized spacial score (nSPS) is 16.3. The molecule has 10 heteroatoms. The van der Waals surface area contributed by atoms with Gasteiger partial charge in [-0.05, 0) is 65.9 Å². The van der Waals surface area contributed by atoms with Crippen molar-refractivity contribution in [1.82, 2.24) is 9.45 Å². The maximum absolute atomic E-state index is 13.0. The molecule has 4 rings (SSSR count). The summed E-state index contributed by atoms with van der Waals surface area (Å²) in [6.07, 6.45) is 7.74. The van der Waals surface area contributed by atoms with Crippen LogP contribution in [-0.2, 0) is 24.4 Å². The molecule has 0 aliphatic carbocycles. The summed E-state index contributed by atoms with van der Waals surface area (Å²) in [5.74, 6) is -1.50. The summed E-state index contributed by atoms with van der Waals surface area (Å²) in [4.78, 5) is 28.3. The second kappa shape index (κ2) is 10.7. The molecule has 0 saturated carbocycles. The first-order chi connectivity index (χ1) is 16.8. The number of aromatic carboxylic acids is 1. The Morgan fingerprint density at radius 2 is 1.71 bits per heavy atom. The van der Waals surface area contributed by atoms with Crippen LogP contribution in [0, 0.1) is 0 Å². The van der Waals surface area contributed by atoms with E-state index in [0.29, 0.717) is 18.6 Å². The average Bonchev–Trinajstić information content (AvgIpc) is 3.37. The molecular weight excluding hydrogens is 472 g/mol. The first kappa shape index (κ1) is 24.4. The van der Waals surface area contributed by atoms with Gasteiger partial charge in [0.15, 0.2) is 6.29 Å². The monoisotopic (exact) mass is 496 g/mol. The van der Waals surface area contributed by atoms with Gasteiger partial charge in [0, 0.05) is 31.5 Å². The lowest BCUT2D eigenvalue weighted by Crippen LogP contribution is -2.32. The predicted molar refractivity (Wildman–Crippen MR) is 128 cm³/mol. The maximum Gasteiger partial charge on any atom is 0.335 e. The van der Waals surface area contributed by atoms with Crippen LogP contribution in [0.25, 0.3) is 17.2 Å². The molecule has 1 atom stereocenters. The molecule has 0 radical (unpaired) electrons. The van der Waals surface area contributed by atoms with E-state index < -0.39 is 28.2 Å². The first-order valence-electron chi connectivity index (χ1n) is 11.0. The van der Waals surface area contributed by atoms with Gasteiger partial charge < -0.3 is 9.84 Å². The van der Waals surface area contributed by atoms with Crippen molar-refractivity contribution in [3.8, 4) is 11.1 Å². The van der Waals surface area contributed by atoms with Crippen LogP contribution in [0.1, 0.15) is 35.2 Å². The molecule has 0 bridgehead atoms. The Morgan fingerprint density at radius 3 is 2.34 bits per heavy atom. The Bertz CT molecular complexity index is 1320. The largest absolute Gasteiger partial charge is 0.478 e. The second-order valence-electron chi connectivity index (χ2n) is 7.90. The molecule has 1 fully saturated rings. The van der Waals surface area contributed by atoms with E-state index in [1.54, 1.807) is 30.3 Å². The van der Waals surface area contributed by atoms with Crippen molar-refractivity contribution in [2.24, 2.45) is 0 Å². The van der Waals surface area contributed by atoms with Crippen molar-refractivity contribution in [1.29, 1.82) is 0 Å². The van der Waals surface area contributed by atoms with E-state index in [0.717, 1.165) is 27.9 Å².